The van der Waals surface area contributed by atoms with E-state index in [2.05, 4.69) is 22.8 Å². The molecule has 5 nitrogen and oxygen atoms in total. The van der Waals surface area contributed by atoms with Gasteiger partial charge in [0.25, 0.3) is 0 Å². The summed E-state index contributed by atoms with van der Waals surface area (Å²) in [6.45, 7) is 2.30. The van der Waals surface area contributed by atoms with Crippen LogP contribution >= 0.6 is 0 Å². The first-order valence-corrected chi connectivity index (χ1v) is 7.07. The second-order valence-electron chi connectivity index (χ2n) is 4.89. The highest BCUT2D eigenvalue weighted by atomic mass is 16.5. The van der Waals surface area contributed by atoms with Crippen LogP contribution in [0.3, 0.4) is 0 Å². The van der Waals surface area contributed by atoms with Crippen molar-refractivity contribution in [3.63, 3.8) is 0 Å². The highest BCUT2D eigenvalue weighted by Gasteiger charge is 2.23. The number of aliphatic hydroxyl groups is 1. The minimum absolute atomic E-state index is 0.0394. The molecule has 1 amide bonds. The van der Waals surface area contributed by atoms with Crippen LogP contribution in [-0.4, -0.2) is 43.4 Å². The predicted octanol–water partition coefficient (Wildman–Crippen LogP) is 0.216. The normalized spacial score (nSPS) is 17.6. The van der Waals surface area contributed by atoms with Crippen molar-refractivity contribution in [1.82, 2.24) is 10.6 Å². The first-order chi connectivity index (χ1) is 9.81. The Morgan fingerprint density at radius 1 is 1.35 bits per heavy atom. The van der Waals surface area contributed by atoms with E-state index < -0.39 is 0 Å². The van der Waals surface area contributed by atoms with Gasteiger partial charge in [-0.05, 0) is 24.0 Å². The molecule has 1 aliphatic rings. The Kier molecular flexibility index (Phi) is 5.98. The van der Waals surface area contributed by atoms with Crippen LogP contribution in [0.2, 0.25) is 0 Å². The average Bonchev–Trinajstić information content (AvgIpc) is 2.50. The van der Waals surface area contributed by atoms with E-state index in [1.54, 1.807) is 0 Å². The van der Waals surface area contributed by atoms with Gasteiger partial charge in [0, 0.05) is 19.7 Å². The second-order valence-corrected chi connectivity index (χ2v) is 4.89. The molecule has 1 aliphatic heterocycles. The molecule has 0 saturated carbocycles. The molecule has 1 heterocycles. The van der Waals surface area contributed by atoms with Crippen LogP contribution in [-0.2, 0) is 22.5 Å². The minimum atomic E-state index is -0.150. The van der Waals surface area contributed by atoms with Gasteiger partial charge in [-0.25, -0.2) is 0 Å². The van der Waals surface area contributed by atoms with Crippen LogP contribution in [0.15, 0.2) is 24.3 Å². The highest BCUT2D eigenvalue weighted by Crippen LogP contribution is 2.16. The van der Waals surface area contributed by atoms with Crippen molar-refractivity contribution in [3.05, 3.63) is 35.4 Å². The summed E-state index contributed by atoms with van der Waals surface area (Å²) in [4.78, 5) is 12.0. The van der Waals surface area contributed by atoms with Crippen LogP contribution in [0.1, 0.15) is 17.5 Å². The van der Waals surface area contributed by atoms with Crippen LogP contribution in [0.4, 0.5) is 0 Å². The Morgan fingerprint density at radius 3 is 2.95 bits per heavy atom. The lowest BCUT2D eigenvalue weighted by Gasteiger charge is -2.25. The third-order valence-electron chi connectivity index (χ3n) is 3.40. The summed E-state index contributed by atoms with van der Waals surface area (Å²) >= 11 is 0. The fourth-order valence-corrected chi connectivity index (χ4v) is 2.32. The third kappa shape index (κ3) is 4.30. The van der Waals surface area contributed by atoms with E-state index >= 15 is 0 Å². The van der Waals surface area contributed by atoms with E-state index in [1.165, 1.54) is 11.1 Å². The molecule has 110 valence electrons. The number of hydrogen-bond acceptors (Lipinski definition) is 4. The van der Waals surface area contributed by atoms with Crippen molar-refractivity contribution in [1.29, 1.82) is 0 Å². The Morgan fingerprint density at radius 2 is 2.15 bits per heavy atom. The van der Waals surface area contributed by atoms with Crippen molar-refractivity contribution in [3.8, 4) is 0 Å². The molecule has 3 N–H and O–H groups in total. The van der Waals surface area contributed by atoms with Crippen molar-refractivity contribution < 1.29 is 14.6 Å². The summed E-state index contributed by atoms with van der Waals surface area (Å²) in [5.41, 5.74) is 2.52. The van der Waals surface area contributed by atoms with Gasteiger partial charge >= 0.3 is 0 Å². The predicted molar refractivity (Wildman–Crippen MR) is 76.3 cm³/mol. The maximum Gasteiger partial charge on any atom is 0.237 e. The molecule has 0 radical (unpaired) electrons. The molecule has 5 heteroatoms. The Balaban J connectivity index is 1.69. The van der Waals surface area contributed by atoms with E-state index in [1.807, 2.05) is 12.1 Å². The molecule has 0 unspecified atom stereocenters. The van der Waals surface area contributed by atoms with Crippen molar-refractivity contribution in [2.24, 2.45) is 0 Å². The molecule has 1 atom stereocenters. The van der Waals surface area contributed by atoms with Crippen LogP contribution in [0.5, 0.6) is 0 Å². The fourth-order valence-electron chi connectivity index (χ4n) is 2.32. The van der Waals surface area contributed by atoms with Gasteiger partial charge in [0.05, 0.1) is 19.3 Å². The molecule has 0 aromatic heterocycles. The average molecular weight is 278 g/mol. The van der Waals surface area contributed by atoms with Gasteiger partial charge in [0.15, 0.2) is 0 Å². The van der Waals surface area contributed by atoms with E-state index in [4.69, 9.17) is 9.84 Å². The van der Waals surface area contributed by atoms with Crippen LogP contribution in [0, 0.1) is 0 Å². The Labute approximate surface area is 119 Å². The summed E-state index contributed by atoms with van der Waals surface area (Å²) in [5, 5.41) is 14.7. The number of benzene rings is 1. The lowest BCUT2D eigenvalue weighted by Crippen LogP contribution is -2.47. The summed E-state index contributed by atoms with van der Waals surface area (Å²) < 4.78 is 5.14. The van der Waals surface area contributed by atoms with E-state index in [0.29, 0.717) is 19.8 Å². The molecule has 0 spiro atoms. The number of amides is 1. The molecule has 0 bridgehead atoms. The third-order valence-corrected chi connectivity index (χ3v) is 3.40. The van der Waals surface area contributed by atoms with Gasteiger partial charge in [-0.15, -0.1) is 0 Å². The molecular formula is C15H22N2O3. The molecule has 20 heavy (non-hydrogen) atoms. The molecule has 1 aromatic rings. The van der Waals surface area contributed by atoms with Crippen molar-refractivity contribution in [2.45, 2.75) is 25.4 Å². The monoisotopic (exact) mass is 278 g/mol. The zero-order chi connectivity index (χ0) is 14.2. The van der Waals surface area contributed by atoms with Crippen molar-refractivity contribution >= 4 is 5.91 Å². The first kappa shape index (κ1) is 15.0. The van der Waals surface area contributed by atoms with Gasteiger partial charge in [-0.3, -0.25) is 4.79 Å². The summed E-state index contributed by atoms with van der Waals surface area (Å²) in [6, 6.07) is 8.06. The van der Waals surface area contributed by atoms with Crippen molar-refractivity contribution in [2.75, 3.05) is 26.4 Å². The van der Waals surface area contributed by atoms with Gasteiger partial charge in [-0.2, -0.15) is 0 Å². The smallest absolute Gasteiger partial charge is 0.237 e. The van der Waals surface area contributed by atoms with Crippen LogP contribution < -0.4 is 10.6 Å². The Hall–Kier alpha value is -1.43. The summed E-state index contributed by atoms with van der Waals surface area (Å²) in [7, 11) is 0. The highest BCUT2D eigenvalue weighted by molar-refractivity contribution is 5.82. The number of hydrogen-bond donors (Lipinski definition) is 3. The molecule has 1 aromatic carbocycles. The molecule has 0 aliphatic carbocycles. The largest absolute Gasteiger partial charge is 0.394 e. The molecule has 0 saturated heterocycles. The van der Waals surface area contributed by atoms with E-state index in [-0.39, 0.29) is 18.6 Å². The topological polar surface area (TPSA) is 70.6 Å². The van der Waals surface area contributed by atoms with E-state index in [9.17, 15) is 4.79 Å². The maximum atomic E-state index is 12.0. The lowest BCUT2D eigenvalue weighted by molar-refractivity contribution is -0.123. The SMILES string of the molecule is O=C(NCCCOCCO)[C@H]1Cc2ccccc2CN1. The van der Waals surface area contributed by atoms with Gasteiger partial charge < -0.3 is 20.5 Å². The van der Waals surface area contributed by atoms with Gasteiger partial charge in [0.2, 0.25) is 5.91 Å². The second kappa shape index (κ2) is 7.99. The Bertz CT molecular complexity index is 437. The summed E-state index contributed by atoms with van der Waals surface area (Å²) in [5.74, 6) is 0.0432. The molecular weight excluding hydrogens is 256 g/mol. The lowest BCUT2D eigenvalue weighted by atomic mass is 9.95. The standard InChI is InChI=1S/C15H22N2O3/c18-7-9-20-8-3-6-16-15(19)14-10-12-4-1-2-5-13(12)11-17-14/h1-2,4-5,14,17-18H,3,6-11H2,(H,16,19)/t14-/m1/s1. The molecule has 0 fully saturated rings. The zero-order valence-electron chi connectivity index (χ0n) is 11.6. The summed E-state index contributed by atoms with van der Waals surface area (Å²) in [6.07, 6.45) is 1.50. The van der Waals surface area contributed by atoms with Crippen LogP contribution in [0.25, 0.3) is 0 Å². The van der Waals surface area contributed by atoms with E-state index in [0.717, 1.165) is 19.4 Å². The number of nitrogens with one attached hydrogen (secondary N) is 2. The number of rotatable bonds is 7. The quantitative estimate of drug-likeness (QED) is 0.624. The van der Waals surface area contributed by atoms with Gasteiger partial charge in [-0.1, -0.05) is 24.3 Å². The molecule has 2 rings (SSSR count). The maximum absolute atomic E-state index is 12.0. The fraction of sp³-hybridized carbons (Fsp3) is 0.533. The minimum Gasteiger partial charge on any atom is -0.394 e. The first-order valence-electron chi connectivity index (χ1n) is 7.07. The number of ether oxygens (including phenoxy) is 1. The number of aliphatic hydroxyl groups excluding tert-OH is 1. The number of carbonyl (C=O) groups is 1. The number of fused-ring (bicyclic) bond motifs is 1. The zero-order valence-corrected chi connectivity index (χ0v) is 11.6. The number of carbonyl (C=O) groups excluding carboxylic acids is 1. The van der Waals surface area contributed by atoms with Gasteiger partial charge in [0.1, 0.15) is 0 Å².